The molecule has 0 aliphatic heterocycles. The van der Waals surface area contributed by atoms with Crippen LogP contribution in [0.2, 0.25) is 0 Å². The zero-order valence-corrected chi connectivity index (χ0v) is 10.9. The Kier molecular flexibility index (Phi) is 7.13. The van der Waals surface area contributed by atoms with Crippen molar-refractivity contribution in [1.29, 1.82) is 0 Å². The van der Waals surface area contributed by atoms with Crippen molar-refractivity contribution in [1.82, 2.24) is 5.32 Å². The molecule has 1 unspecified atom stereocenters. The first-order valence-corrected chi connectivity index (χ1v) is 6.19. The molecule has 2 heteroatoms. The van der Waals surface area contributed by atoms with Gasteiger partial charge in [0.25, 0.3) is 0 Å². The smallest absolute Gasteiger partial charge is 0.0164 e. The summed E-state index contributed by atoms with van der Waals surface area (Å²) in [6, 6.07) is 0.597. The molecule has 0 aromatic heterocycles. The van der Waals surface area contributed by atoms with Gasteiger partial charge in [-0.15, -0.1) is 11.8 Å². The Bertz CT molecular complexity index is 195. The minimum atomic E-state index is 0.367. The van der Waals surface area contributed by atoms with E-state index in [0.717, 1.165) is 12.8 Å². The van der Waals surface area contributed by atoms with Crippen LogP contribution in [0.3, 0.4) is 0 Å². The van der Waals surface area contributed by atoms with E-state index in [4.69, 9.17) is 0 Å². The number of rotatable bonds is 5. The van der Waals surface area contributed by atoms with Crippen molar-refractivity contribution >= 4 is 11.8 Å². The molecule has 0 saturated carbocycles. The summed E-state index contributed by atoms with van der Waals surface area (Å²) in [5, 5.41) is 3.34. The Balaban J connectivity index is 3.72. The van der Waals surface area contributed by atoms with Crippen molar-refractivity contribution < 1.29 is 0 Å². The van der Waals surface area contributed by atoms with Gasteiger partial charge < -0.3 is 5.32 Å². The number of nitrogens with one attached hydrogen (secondary N) is 1. The van der Waals surface area contributed by atoms with E-state index in [1.807, 2.05) is 25.7 Å². The summed E-state index contributed by atoms with van der Waals surface area (Å²) in [4.78, 5) is 0. The summed E-state index contributed by atoms with van der Waals surface area (Å²) in [5.74, 6) is 7.22. The van der Waals surface area contributed by atoms with Crippen LogP contribution in [-0.4, -0.2) is 23.6 Å². The van der Waals surface area contributed by atoms with Gasteiger partial charge in [-0.1, -0.05) is 20.8 Å². The van der Waals surface area contributed by atoms with Crippen LogP contribution in [0.5, 0.6) is 0 Å². The Morgan fingerprint density at radius 1 is 1.36 bits per heavy atom. The van der Waals surface area contributed by atoms with Gasteiger partial charge in [-0.2, -0.15) is 11.8 Å². The van der Waals surface area contributed by atoms with E-state index in [1.165, 1.54) is 5.75 Å². The maximum atomic E-state index is 3.34. The van der Waals surface area contributed by atoms with Crippen LogP contribution < -0.4 is 5.32 Å². The summed E-state index contributed by atoms with van der Waals surface area (Å²) in [5.41, 5.74) is 0. The van der Waals surface area contributed by atoms with Gasteiger partial charge >= 0.3 is 0 Å². The number of thioether (sulfide) groups is 1. The van der Waals surface area contributed by atoms with Crippen LogP contribution in [0.25, 0.3) is 0 Å². The molecule has 1 nitrogen and oxygen atoms in total. The molecule has 1 atom stereocenters. The molecule has 0 aromatic carbocycles. The van der Waals surface area contributed by atoms with Gasteiger partial charge in [0.2, 0.25) is 0 Å². The van der Waals surface area contributed by atoms with Gasteiger partial charge in [-0.3, -0.25) is 0 Å². The lowest BCUT2D eigenvalue weighted by Gasteiger charge is -2.22. The van der Waals surface area contributed by atoms with Crippen LogP contribution in [0.1, 0.15) is 40.5 Å². The second-order valence-corrected chi connectivity index (χ2v) is 6.22. The molecule has 1 N–H and O–H groups in total. The van der Waals surface area contributed by atoms with Crippen LogP contribution in [-0.2, 0) is 0 Å². The molecule has 0 aliphatic rings. The van der Waals surface area contributed by atoms with Gasteiger partial charge in [0.05, 0.1) is 0 Å². The third-order valence-electron chi connectivity index (χ3n) is 1.92. The molecule has 0 rings (SSSR count). The Hall–Kier alpha value is -0.130. The zero-order valence-electron chi connectivity index (χ0n) is 10.1. The molecule has 0 saturated heterocycles. The summed E-state index contributed by atoms with van der Waals surface area (Å²) >= 11 is 2.01. The molecule has 0 aliphatic carbocycles. The maximum Gasteiger partial charge on any atom is 0.0164 e. The van der Waals surface area contributed by atoms with Crippen LogP contribution in [0.15, 0.2) is 0 Å². The highest BCUT2D eigenvalue weighted by molar-refractivity contribution is 8.00. The van der Waals surface area contributed by atoms with E-state index >= 15 is 0 Å². The van der Waals surface area contributed by atoms with Crippen LogP contribution in [0, 0.1) is 11.8 Å². The predicted molar refractivity (Wildman–Crippen MR) is 67.7 cm³/mol. The minimum absolute atomic E-state index is 0.367. The fraction of sp³-hybridized carbons (Fsp3) is 0.833. The SMILES string of the molecule is CC#CCCC(CSC(C)(C)C)NC. The normalized spacial score (nSPS) is 13.2. The maximum absolute atomic E-state index is 3.34. The predicted octanol–water partition coefficient (Wildman–Crippen LogP) is 2.91. The Morgan fingerprint density at radius 2 is 2.00 bits per heavy atom. The second-order valence-electron chi connectivity index (χ2n) is 4.37. The highest BCUT2D eigenvalue weighted by Gasteiger charge is 2.13. The van der Waals surface area contributed by atoms with E-state index in [2.05, 4.69) is 37.9 Å². The molecular formula is C12H23NS. The minimum Gasteiger partial charge on any atom is -0.316 e. The Morgan fingerprint density at radius 3 is 2.43 bits per heavy atom. The van der Waals surface area contributed by atoms with Crippen LogP contribution in [0.4, 0.5) is 0 Å². The van der Waals surface area contributed by atoms with Crippen molar-refractivity contribution in [2.75, 3.05) is 12.8 Å². The molecule has 0 radical (unpaired) electrons. The van der Waals surface area contributed by atoms with Gasteiger partial charge in [0, 0.05) is 23.0 Å². The summed E-state index contributed by atoms with van der Waals surface area (Å²) in [7, 11) is 2.03. The lowest BCUT2D eigenvalue weighted by molar-refractivity contribution is 0.580. The fourth-order valence-electron chi connectivity index (χ4n) is 1.03. The fourth-order valence-corrected chi connectivity index (χ4v) is 2.07. The number of hydrogen-bond donors (Lipinski definition) is 1. The molecule has 0 fully saturated rings. The van der Waals surface area contributed by atoms with Gasteiger partial charge in [0.15, 0.2) is 0 Å². The monoisotopic (exact) mass is 213 g/mol. The third-order valence-corrected chi connectivity index (χ3v) is 3.36. The summed E-state index contributed by atoms with van der Waals surface area (Å²) < 4.78 is 0.367. The van der Waals surface area contributed by atoms with Gasteiger partial charge in [-0.05, 0) is 20.4 Å². The van der Waals surface area contributed by atoms with E-state index in [-0.39, 0.29) is 0 Å². The molecule has 0 aromatic rings. The van der Waals surface area contributed by atoms with E-state index in [9.17, 15) is 0 Å². The average molecular weight is 213 g/mol. The standard InChI is InChI=1S/C12H23NS/c1-6-7-8-9-11(13-5)10-14-12(2,3)4/h11,13H,8-10H2,1-5H3. The van der Waals surface area contributed by atoms with Gasteiger partial charge in [0.1, 0.15) is 0 Å². The molecule has 82 valence electrons. The van der Waals surface area contributed by atoms with Crippen molar-refractivity contribution in [3.05, 3.63) is 0 Å². The van der Waals surface area contributed by atoms with Crippen molar-refractivity contribution in [2.45, 2.75) is 51.3 Å². The summed E-state index contributed by atoms with van der Waals surface area (Å²) in [6.07, 6.45) is 2.16. The first-order valence-electron chi connectivity index (χ1n) is 5.20. The van der Waals surface area contributed by atoms with Crippen molar-refractivity contribution in [2.24, 2.45) is 0 Å². The molecule has 0 amide bonds. The Labute approximate surface area is 93.4 Å². The highest BCUT2D eigenvalue weighted by Crippen LogP contribution is 2.24. The second kappa shape index (κ2) is 7.20. The lowest BCUT2D eigenvalue weighted by Crippen LogP contribution is -2.29. The lowest BCUT2D eigenvalue weighted by atomic mass is 10.2. The number of hydrogen-bond acceptors (Lipinski definition) is 2. The molecule has 0 spiro atoms. The van der Waals surface area contributed by atoms with E-state index in [1.54, 1.807) is 0 Å². The zero-order chi connectivity index (χ0) is 11.0. The van der Waals surface area contributed by atoms with Crippen molar-refractivity contribution in [3.63, 3.8) is 0 Å². The van der Waals surface area contributed by atoms with Gasteiger partial charge in [-0.25, -0.2) is 0 Å². The highest BCUT2D eigenvalue weighted by atomic mass is 32.2. The first kappa shape index (κ1) is 13.9. The first-order chi connectivity index (χ1) is 6.49. The largest absolute Gasteiger partial charge is 0.316 e. The topological polar surface area (TPSA) is 12.0 Å². The third kappa shape index (κ3) is 8.47. The average Bonchev–Trinajstić information content (AvgIpc) is 2.09. The van der Waals surface area contributed by atoms with E-state index in [0.29, 0.717) is 10.8 Å². The van der Waals surface area contributed by atoms with E-state index < -0.39 is 0 Å². The van der Waals surface area contributed by atoms with Crippen LogP contribution >= 0.6 is 11.8 Å². The quantitative estimate of drug-likeness (QED) is 0.705. The molecule has 0 heterocycles. The van der Waals surface area contributed by atoms with Crippen molar-refractivity contribution in [3.8, 4) is 11.8 Å². The molecular weight excluding hydrogens is 190 g/mol. The summed E-state index contributed by atoms with van der Waals surface area (Å²) in [6.45, 7) is 8.68. The molecule has 0 bridgehead atoms. The molecule has 14 heavy (non-hydrogen) atoms.